The number of esters is 1. The minimum atomic E-state index is -0.284. The van der Waals surface area contributed by atoms with Gasteiger partial charge in [0.05, 0.1) is 7.11 Å². The van der Waals surface area contributed by atoms with Crippen molar-refractivity contribution in [3.63, 3.8) is 0 Å². The first-order valence-electron chi connectivity index (χ1n) is 6.88. The van der Waals surface area contributed by atoms with Gasteiger partial charge in [-0.25, -0.2) is 0 Å². The maximum atomic E-state index is 12.0. The number of aryl methyl sites for hydroxylation is 1. The molecule has 1 aromatic rings. The number of rotatable bonds is 5. The maximum absolute atomic E-state index is 12.0. The molecule has 0 saturated carbocycles. The molecule has 1 aromatic carbocycles. The second kappa shape index (κ2) is 6.88. The summed E-state index contributed by atoms with van der Waals surface area (Å²) in [7, 11) is 1.34. The molecule has 0 radical (unpaired) electrons. The Morgan fingerprint density at radius 2 is 2.14 bits per heavy atom. The number of carbonyl (C=O) groups excluding carboxylic acids is 3. The molecule has 1 aliphatic rings. The van der Waals surface area contributed by atoms with Crippen molar-refractivity contribution in [2.75, 3.05) is 19.0 Å². The van der Waals surface area contributed by atoms with Crippen LogP contribution in [0, 0.1) is 0 Å². The van der Waals surface area contributed by atoms with E-state index in [-0.39, 0.29) is 24.2 Å². The Labute approximate surface area is 122 Å². The summed E-state index contributed by atoms with van der Waals surface area (Å²) in [6, 6.07) is 5.22. The van der Waals surface area contributed by atoms with Crippen LogP contribution in [-0.2, 0) is 20.7 Å². The van der Waals surface area contributed by atoms with Crippen LogP contribution in [0.5, 0.6) is 0 Å². The fourth-order valence-corrected chi connectivity index (χ4v) is 2.16. The largest absolute Gasteiger partial charge is 0.469 e. The molecule has 6 heteroatoms. The zero-order valence-electron chi connectivity index (χ0n) is 11.9. The second-order valence-electron chi connectivity index (χ2n) is 4.86. The predicted octanol–water partition coefficient (Wildman–Crippen LogP) is 1.25. The summed E-state index contributed by atoms with van der Waals surface area (Å²) in [5, 5.41) is 5.54. The molecule has 2 rings (SSSR count). The van der Waals surface area contributed by atoms with Crippen molar-refractivity contribution in [1.82, 2.24) is 5.32 Å². The van der Waals surface area contributed by atoms with Crippen LogP contribution in [0.3, 0.4) is 0 Å². The zero-order valence-corrected chi connectivity index (χ0v) is 11.9. The third-order valence-corrected chi connectivity index (χ3v) is 3.33. The topological polar surface area (TPSA) is 84.5 Å². The highest BCUT2D eigenvalue weighted by atomic mass is 16.5. The normalized spacial score (nSPS) is 13.1. The summed E-state index contributed by atoms with van der Waals surface area (Å²) < 4.78 is 4.53. The van der Waals surface area contributed by atoms with E-state index in [9.17, 15) is 14.4 Å². The van der Waals surface area contributed by atoms with Gasteiger partial charge in [0.1, 0.15) is 0 Å². The van der Waals surface area contributed by atoms with E-state index < -0.39 is 0 Å². The van der Waals surface area contributed by atoms with Crippen LogP contribution in [0.2, 0.25) is 0 Å². The Hall–Kier alpha value is -2.37. The summed E-state index contributed by atoms with van der Waals surface area (Å²) in [6.07, 6.45) is 1.91. The van der Waals surface area contributed by atoms with Gasteiger partial charge >= 0.3 is 5.97 Å². The minimum absolute atomic E-state index is 0.00233. The smallest absolute Gasteiger partial charge is 0.305 e. The highest BCUT2D eigenvalue weighted by Gasteiger charge is 2.16. The Balaban J connectivity index is 1.88. The van der Waals surface area contributed by atoms with E-state index in [0.717, 1.165) is 11.3 Å². The third-order valence-electron chi connectivity index (χ3n) is 3.33. The molecule has 1 heterocycles. The summed E-state index contributed by atoms with van der Waals surface area (Å²) in [5.74, 6) is -0.462. The van der Waals surface area contributed by atoms with Gasteiger partial charge < -0.3 is 15.4 Å². The van der Waals surface area contributed by atoms with Gasteiger partial charge in [0.25, 0.3) is 5.91 Å². The van der Waals surface area contributed by atoms with Gasteiger partial charge in [-0.2, -0.15) is 0 Å². The molecule has 0 unspecified atom stereocenters. The molecule has 112 valence electrons. The van der Waals surface area contributed by atoms with E-state index in [4.69, 9.17) is 0 Å². The number of nitrogens with one attached hydrogen (secondary N) is 2. The van der Waals surface area contributed by atoms with Crippen LogP contribution < -0.4 is 10.6 Å². The van der Waals surface area contributed by atoms with Crippen molar-refractivity contribution < 1.29 is 19.1 Å². The lowest BCUT2D eigenvalue weighted by atomic mass is 10.00. The van der Waals surface area contributed by atoms with E-state index in [1.54, 1.807) is 18.2 Å². The Bertz CT molecular complexity index is 569. The molecular weight excluding hydrogens is 272 g/mol. The lowest BCUT2D eigenvalue weighted by Crippen LogP contribution is -2.26. The summed E-state index contributed by atoms with van der Waals surface area (Å²) >= 11 is 0. The fourth-order valence-electron chi connectivity index (χ4n) is 2.16. The Morgan fingerprint density at radius 1 is 1.33 bits per heavy atom. The molecule has 0 bridgehead atoms. The Kier molecular flexibility index (Phi) is 4.92. The van der Waals surface area contributed by atoms with Crippen LogP contribution in [-0.4, -0.2) is 31.4 Å². The van der Waals surface area contributed by atoms with Crippen molar-refractivity contribution in [3.05, 3.63) is 29.3 Å². The lowest BCUT2D eigenvalue weighted by molar-refractivity contribution is -0.140. The number of fused-ring (bicyclic) bond motifs is 1. The first kappa shape index (κ1) is 15.0. The molecule has 0 aromatic heterocycles. The van der Waals surface area contributed by atoms with Crippen LogP contribution in [0.4, 0.5) is 5.69 Å². The number of benzene rings is 1. The molecule has 2 amide bonds. The number of methoxy groups -OCH3 is 1. The first-order valence-corrected chi connectivity index (χ1v) is 6.88. The first-order chi connectivity index (χ1) is 10.1. The van der Waals surface area contributed by atoms with Gasteiger partial charge in [0, 0.05) is 30.6 Å². The molecule has 2 N–H and O–H groups in total. The van der Waals surface area contributed by atoms with E-state index in [2.05, 4.69) is 15.4 Å². The number of hydrogen-bond acceptors (Lipinski definition) is 4. The third kappa shape index (κ3) is 4.05. The van der Waals surface area contributed by atoms with Gasteiger partial charge in [-0.1, -0.05) is 0 Å². The fraction of sp³-hybridized carbons (Fsp3) is 0.400. The van der Waals surface area contributed by atoms with E-state index >= 15 is 0 Å². The van der Waals surface area contributed by atoms with Crippen molar-refractivity contribution in [2.24, 2.45) is 0 Å². The molecule has 21 heavy (non-hydrogen) atoms. The molecule has 0 fully saturated rings. The second-order valence-corrected chi connectivity index (χ2v) is 4.86. The average Bonchev–Trinajstić information content (AvgIpc) is 2.50. The highest BCUT2D eigenvalue weighted by Crippen LogP contribution is 2.23. The van der Waals surface area contributed by atoms with Crippen molar-refractivity contribution in [2.45, 2.75) is 25.7 Å². The number of carbonyl (C=O) groups is 3. The average molecular weight is 290 g/mol. The molecule has 0 saturated heterocycles. The molecule has 6 nitrogen and oxygen atoms in total. The van der Waals surface area contributed by atoms with Gasteiger partial charge in [0.15, 0.2) is 0 Å². The van der Waals surface area contributed by atoms with Gasteiger partial charge in [-0.15, -0.1) is 0 Å². The highest BCUT2D eigenvalue weighted by molar-refractivity contribution is 5.97. The van der Waals surface area contributed by atoms with Crippen LogP contribution >= 0.6 is 0 Å². The number of ether oxygens (including phenoxy) is 1. The molecular formula is C15H18N2O4. The van der Waals surface area contributed by atoms with Gasteiger partial charge in [-0.3, -0.25) is 14.4 Å². The van der Waals surface area contributed by atoms with E-state index in [0.29, 0.717) is 31.4 Å². The van der Waals surface area contributed by atoms with E-state index in [1.807, 2.05) is 0 Å². The number of hydrogen-bond donors (Lipinski definition) is 2. The molecule has 1 aliphatic heterocycles. The van der Waals surface area contributed by atoms with Gasteiger partial charge in [0.2, 0.25) is 5.91 Å². The standard InChI is InChI=1S/C15H18N2O4/c1-21-14(19)3-2-8-16-15(20)11-4-6-12-10(9-11)5-7-13(18)17-12/h4,6,9H,2-3,5,7-8H2,1H3,(H,16,20)(H,17,18). The molecule has 0 spiro atoms. The minimum Gasteiger partial charge on any atom is -0.469 e. The van der Waals surface area contributed by atoms with Crippen LogP contribution in [0.1, 0.15) is 35.2 Å². The SMILES string of the molecule is COC(=O)CCCNC(=O)c1ccc2c(c1)CCC(=O)N2. The predicted molar refractivity (Wildman–Crippen MR) is 77.0 cm³/mol. The lowest BCUT2D eigenvalue weighted by Gasteiger charge is -2.17. The monoisotopic (exact) mass is 290 g/mol. The quantitative estimate of drug-likeness (QED) is 0.631. The molecule has 0 atom stereocenters. The van der Waals surface area contributed by atoms with Gasteiger partial charge in [-0.05, 0) is 36.6 Å². The van der Waals surface area contributed by atoms with E-state index in [1.165, 1.54) is 7.11 Å². The number of anilines is 1. The van der Waals surface area contributed by atoms with Crippen molar-refractivity contribution in [3.8, 4) is 0 Å². The Morgan fingerprint density at radius 3 is 2.90 bits per heavy atom. The summed E-state index contributed by atoms with van der Waals surface area (Å²) in [4.78, 5) is 34.2. The summed E-state index contributed by atoms with van der Waals surface area (Å²) in [6.45, 7) is 0.418. The molecule has 0 aliphatic carbocycles. The van der Waals surface area contributed by atoms with Crippen LogP contribution in [0.25, 0.3) is 0 Å². The van der Waals surface area contributed by atoms with Crippen LogP contribution in [0.15, 0.2) is 18.2 Å². The van der Waals surface area contributed by atoms with Crippen molar-refractivity contribution >= 4 is 23.5 Å². The maximum Gasteiger partial charge on any atom is 0.305 e. The van der Waals surface area contributed by atoms with Crippen molar-refractivity contribution in [1.29, 1.82) is 0 Å². The zero-order chi connectivity index (χ0) is 15.2. The number of amides is 2. The summed E-state index contributed by atoms with van der Waals surface area (Å²) in [5.41, 5.74) is 2.30.